The van der Waals surface area contributed by atoms with Gasteiger partial charge in [0, 0.05) is 17.1 Å². The van der Waals surface area contributed by atoms with Crippen molar-refractivity contribution in [3.8, 4) is 0 Å². The molecule has 0 aliphatic heterocycles. The van der Waals surface area contributed by atoms with Gasteiger partial charge < -0.3 is 10.4 Å². The van der Waals surface area contributed by atoms with Crippen molar-refractivity contribution >= 4 is 17.5 Å². The van der Waals surface area contributed by atoms with Gasteiger partial charge in [0.2, 0.25) is 0 Å². The van der Waals surface area contributed by atoms with Crippen LogP contribution in [0.2, 0.25) is 5.02 Å². The Labute approximate surface area is 100 Å². The highest BCUT2D eigenvalue weighted by Crippen LogP contribution is 2.15. The SMILES string of the molecule is Cc1ccc(Cl)cc1C(=O)NCC(C)(C)O. The van der Waals surface area contributed by atoms with Gasteiger partial charge in [-0.1, -0.05) is 17.7 Å². The third kappa shape index (κ3) is 3.83. The van der Waals surface area contributed by atoms with Gasteiger partial charge in [0.05, 0.1) is 5.60 Å². The van der Waals surface area contributed by atoms with Crippen LogP contribution in [0.1, 0.15) is 29.8 Å². The van der Waals surface area contributed by atoms with Crippen molar-refractivity contribution in [2.45, 2.75) is 26.4 Å². The van der Waals surface area contributed by atoms with Crippen molar-refractivity contribution < 1.29 is 9.90 Å². The van der Waals surface area contributed by atoms with Crippen LogP contribution in [0.25, 0.3) is 0 Å². The number of halogens is 1. The minimum atomic E-state index is -0.915. The zero-order valence-corrected chi connectivity index (χ0v) is 10.4. The van der Waals surface area contributed by atoms with Gasteiger partial charge in [-0.15, -0.1) is 0 Å². The van der Waals surface area contributed by atoms with Crippen molar-refractivity contribution in [3.05, 3.63) is 34.3 Å². The van der Waals surface area contributed by atoms with Crippen LogP contribution in [-0.4, -0.2) is 23.2 Å². The van der Waals surface area contributed by atoms with Crippen molar-refractivity contribution in [1.82, 2.24) is 5.32 Å². The predicted octanol–water partition coefficient (Wildman–Crippen LogP) is 2.15. The highest BCUT2D eigenvalue weighted by Gasteiger charge is 2.15. The Balaban J connectivity index is 2.77. The molecule has 1 rings (SSSR count). The molecule has 16 heavy (non-hydrogen) atoms. The largest absolute Gasteiger partial charge is 0.389 e. The summed E-state index contributed by atoms with van der Waals surface area (Å²) in [6.45, 7) is 5.32. The second kappa shape index (κ2) is 4.85. The first kappa shape index (κ1) is 13.0. The van der Waals surface area contributed by atoms with E-state index in [1.165, 1.54) is 0 Å². The van der Waals surface area contributed by atoms with Crippen LogP contribution in [0.5, 0.6) is 0 Å². The lowest BCUT2D eigenvalue weighted by Gasteiger charge is -2.18. The summed E-state index contributed by atoms with van der Waals surface area (Å²) in [6, 6.07) is 5.15. The summed E-state index contributed by atoms with van der Waals surface area (Å²) in [7, 11) is 0. The van der Waals surface area contributed by atoms with Crippen molar-refractivity contribution in [2.75, 3.05) is 6.54 Å². The van der Waals surface area contributed by atoms with E-state index >= 15 is 0 Å². The van der Waals surface area contributed by atoms with Crippen LogP contribution in [0, 0.1) is 6.92 Å². The van der Waals surface area contributed by atoms with E-state index in [0.717, 1.165) is 5.56 Å². The molecule has 88 valence electrons. The molecular formula is C12H16ClNO2. The van der Waals surface area contributed by atoms with Crippen LogP contribution in [0.3, 0.4) is 0 Å². The Morgan fingerprint density at radius 1 is 1.50 bits per heavy atom. The number of nitrogens with one attached hydrogen (secondary N) is 1. The third-order valence-corrected chi connectivity index (χ3v) is 2.36. The van der Waals surface area contributed by atoms with Gasteiger partial charge in [0.1, 0.15) is 0 Å². The number of carbonyl (C=O) groups excluding carboxylic acids is 1. The smallest absolute Gasteiger partial charge is 0.251 e. The molecule has 0 aliphatic rings. The van der Waals surface area contributed by atoms with Crippen LogP contribution >= 0.6 is 11.6 Å². The fourth-order valence-corrected chi connectivity index (χ4v) is 1.40. The van der Waals surface area contributed by atoms with E-state index in [2.05, 4.69) is 5.32 Å². The maximum absolute atomic E-state index is 11.8. The molecule has 0 radical (unpaired) electrons. The number of amides is 1. The van der Waals surface area contributed by atoms with Crippen LogP contribution in [-0.2, 0) is 0 Å². The molecule has 0 saturated heterocycles. The van der Waals surface area contributed by atoms with Gasteiger partial charge >= 0.3 is 0 Å². The molecule has 4 heteroatoms. The Hall–Kier alpha value is -1.06. The number of aryl methyl sites for hydroxylation is 1. The first-order valence-electron chi connectivity index (χ1n) is 5.06. The van der Waals surface area contributed by atoms with E-state index in [-0.39, 0.29) is 12.5 Å². The van der Waals surface area contributed by atoms with Crippen LogP contribution in [0.4, 0.5) is 0 Å². The Kier molecular flexibility index (Phi) is 3.94. The summed E-state index contributed by atoms with van der Waals surface area (Å²) in [5.41, 5.74) is 0.483. The number of hydrogen-bond donors (Lipinski definition) is 2. The maximum Gasteiger partial charge on any atom is 0.251 e. The Bertz CT molecular complexity index is 396. The molecular weight excluding hydrogens is 226 g/mol. The Morgan fingerprint density at radius 2 is 2.12 bits per heavy atom. The minimum absolute atomic E-state index is 0.206. The van der Waals surface area contributed by atoms with E-state index in [9.17, 15) is 9.90 Å². The average molecular weight is 242 g/mol. The number of rotatable bonds is 3. The Morgan fingerprint density at radius 3 is 2.69 bits per heavy atom. The lowest BCUT2D eigenvalue weighted by atomic mass is 10.1. The zero-order chi connectivity index (χ0) is 12.3. The van der Waals surface area contributed by atoms with Crippen molar-refractivity contribution in [2.24, 2.45) is 0 Å². The highest BCUT2D eigenvalue weighted by atomic mass is 35.5. The summed E-state index contributed by atoms with van der Waals surface area (Å²) in [5, 5.41) is 12.7. The average Bonchev–Trinajstić information content (AvgIpc) is 2.17. The van der Waals surface area contributed by atoms with E-state index in [1.807, 2.05) is 6.92 Å². The lowest BCUT2D eigenvalue weighted by Crippen LogP contribution is -2.38. The van der Waals surface area contributed by atoms with Gasteiger partial charge in [-0.3, -0.25) is 4.79 Å². The van der Waals surface area contributed by atoms with E-state index < -0.39 is 5.60 Å². The van der Waals surface area contributed by atoms with E-state index in [0.29, 0.717) is 10.6 Å². The second-order valence-electron chi connectivity index (χ2n) is 4.45. The van der Waals surface area contributed by atoms with Gasteiger partial charge in [-0.2, -0.15) is 0 Å². The minimum Gasteiger partial charge on any atom is -0.389 e. The summed E-state index contributed by atoms with van der Waals surface area (Å²) in [4.78, 5) is 11.8. The van der Waals surface area contributed by atoms with Crippen molar-refractivity contribution in [1.29, 1.82) is 0 Å². The summed E-state index contributed by atoms with van der Waals surface area (Å²) in [6.07, 6.45) is 0. The van der Waals surface area contributed by atoms with E-state index in [1.54, 1.807) is 32.0 Å². The molecule has 0 aliphatic carbocycles. The molecule has 0 bridgehead atoms. The molecule has 0 heterocycles. The zero-order valence-electron chi connectivity index (χ0n) is 9.67. The fourth-order valence-electron chi connectivity index (χ4n) is 1.23. The molecule has 0 aromatic heterocycles. The molecule has 0 spiro atoms. The molecule has 1 aromatic carbocycles. The first-order chi connectivity index (χ1) is 7.29. The quantitative estimate of drug-likeness (QED) is 0.852. The van der Waals surface area contributed by atoms with Gasteiger partial charge in [0.25, 0.3) is 5.91 Å². The topological polar surface area (TPSA) is 49.3 Å². The standard InChI is InChI=1S/C12H16ClNO2/c1-8-4-5-9(13)6-10(8)11(15)14-7-12(2,3)16/h4-6,16H,7H2,1-3H3,(H,14,15). The molecule has 1 amide bonds. The van der Waals surface area contributed by atoms with Crippen LogP contribution in [0.15, 0.2) is 18.2 Å². The number of carbonyl (C=O) groups is 1. The molecule has 2 N–H and O–H groups in total. The number of hydrogen-bond acceptors (Lipinski definition) is 2. The molecule has 0 unspecified atom stereocenters. The lowest BCUT2D eigenvalue weighted by molar-refractivity contribution is 0.0694. The van der Waals surface area contributed by atoms with Crippen molar-refractivity contribution in [3.63, 3.8) is 0 Å². The molecule has 1 aromatic rings. The third-order valence-electron chi connectivity index (χ3n) is 2.13. The van der Waals surface area contributed by atoms with Gasteiger partial charge in [-0.05, 0) is 38.5 Å². The number of aliphatic hydroxyl groups is 1. The molecule has 0 fully saturated rings. The molecule has 0 saturated carbocycles. The van der Waals surface area contributed by atoms with Crippen LogP contribution < -0.4 is 5.32 Å². The van der Waals surface area contributed by atoms with Gasteiger partial charge in [0.15, 0.2) is 0 Å². The summed E-state index contributed by atoms with van der Waals surface area (Å²) >= 11 is 5.82. The number of benzene rings is 1. The fraction of sp³-hybridized carbons (Fsp3) is 0.417. The van der Waals surface area contributed by atoms with E-state index in [4.69, 9.17) is 11.6 Å². The highest BCUT2D eigenvalue weighted by molar-refractivity contribution is 6.31. The van der Waals surface area contributed by atoms with Gasteiger partial charge in [-0.25, -0.2) is 0 Å². The second-order valence-corrected chi connectivity index (χ2v) is 4.89. The molecule has 0 atom stereocenters. The monoisotopic (exact) mass is 241 g/mol. The maximum atomic E-state index is 11.8. The molecule has 3 nitrogen and oxygen atoms in total. The predicted molar refractivity (Wildman–Crippen MR) is 64.8 cm³/mol. The summed E-state index contributed by atoms with van der Waals surface area (Å²) in [5.74, 6) is -0.220. The normalized spacial score (nSPS) is 11.3. The summed E-state index contributed by atoms with van der Waals surface area (Å²) < 4.78 is 0. The first-order valence-corrected chi connectivity index (χ1v) is 5.44.